The monoisotopic (exact) mass is 406 g/mol. The Hall–Kier alpha value is -2.17. The minimum atomic E-state index is -5.40. The summed E-state index contributed by atoms with van der Waals surface area (Å²) in [6, 6.07) is 2.38. The van der Waals surface area contributed by atoms with E-state index in [4.69, 9.17) is 11.6 Å². The van der Waals surface area contributed by atoms with E-state index in [1.54, 1.807) is 5.32 Å². The van der Waals surface area contributed by atoms with Crippen molar-refractivity contribution in [3.63, 3.8) is 0 Å². The molecule has 0 saturated heterocycles. The summed E-state index contributed by atoms with van der Waals surface area (Å²) < 4.78 is 82.8. The number of alkyl halides is 7. The van der Waals surface area contributed by atoms with E-state index in [0.717, 1.165) is 0 Å². The van der Waals surface area contributed by atoms with E-state index in [2.05, 4.69) is 4.74 Å². The highest BCUT2D eigenvalue weighted by Crippen LogP contribution is 2.35. The third-order valence-electron chi connectivity index (χ3n) is 3.00. The Labute approximate surface area is 148 Å². The lowest BCUT2D eigenvalue weighted by Crippen LogP contribution is -2.69. The van der Waals surface area contributed by atoms with Crippen LogP contribution in [0.25, 0.3) is 0 Å². The van der Waals surface area contributed by atoms with Crippen LogP contribution in [0.3, 0.4) is 0 Å². The van der Waals surface area contributed by atoms with Gasteiger partial charge in [0.05, 0.1) is 12.2 Å². The highest BCUT2D eigenvalue weighted by molar-refractivity contribution is 6.27. The van der Waals surface area contributed by atoms with Crippen LogP contribution in [0.4, 0.5) is 32.0 Å². The van der Waals surface area contributed by atoms with Crippen LogP contribution in [-0.4, -0.2) is 36.2 Å². The number of halogens is 7. The summed E-state index contributed by atoms with van der Waals surface area (Å²) >= 11 is 5.18. The molecule has 0 spiro atoms. The van der Waals surface area contributed by atoms with Gasteiger partial charge in [0, 0.05) is 5.69 Å². The van der Waals surface area contributed by atoms with Crippen molar-refractivity contribution in [2.45, 2.75) is 24.9 Å². The smallest absolute Gasteiger partial charge is 0.441 e. The number of benzene rings is 1. The average Bonchev–Trinajstić information content (AvgIpc) is 2.52. The van der Waals surface area contributed by atoms with E-state index >= 15 is 0 Å². The van der Waals surface area contributed by atoms with Crippen LogP contribution in [0, 0.1) is 0 Å². The van der Waals surface area contributed by atoms with Crippen molar-refractivity contribution in [2.75, 3.05) is 17.8 Å². The molecule has 146 valence electrons. The molecule has 0 aliphatic rings. The summed E-state index contributed by atoms with van der Waals surface area (Å²) in [5, 5.41) is 3.10. The molecule has 0 unspecified atom stereocenters. The third kappa shape index (κ3) is 4.93. The molecule has 5 nitrogen and oxygen atoms in total. The first kappa shape index (κ1) is 21.9. The molecule has 0 bridgehead atoms. The van der Waals surface area contributed by atoms with E-state index in [1.165, 1.54) is 12.2 Å². The van der Waals surface area contributed by atoms with E-state index in [-0.39, 0.29) is 0 Å². The molecule has 0 fully saturated rings. The van der Waals surface area contributed by atoms with Crippen LogP contribution >= 0.6 is 11.6 Å². The quantitative estimate of drug-likeness (QED) is 0.329. The molecule has 0 heterocycles. The van der Waals surface area contributed by atoms with Gasteiger partial charge in [-0.1, -0.05) is 0 Å². The Morgan fingerprint density at radius 1 is 1.08 bits per heavy atom. The van der Waals surface area contributed by atoms with Crippen LogP contribution in [0.1, 0.15) is 12.5 Å². The van der Waals surface area contributed by atoms with Gasteiger partial charge in [0.2, 0.25) is 5.91 Å². The molecule has 1 rings (SSSR count). The zero-order valence-corrected chi connectivity index (χ0v) is 13.9. The first-order valence-corrected chi connectivity index (χ1v) is 7.47. The maximum atomic E-state index is 13.6. The normalized spacial score (nSPS) is 14.3. The Balaban J connectivity index is 3.34. The molecule has 0 saturated carbocycles. The zero-order valence-electron chi connectivity index (χ0n) is 13.1. The van der Waals surface area contributed by atoms with Gasteiger partial charge in [0.15, 0.2) is 0 Å². The summed E-state index contributed by atoms with van der Waals surface area (Å²) in [4.78, 5) is 23.4. The number of anilines is 1. The molecule has 0 aliphatic heterocycles. The van der Waals surface area contributed by atoms with Crippen LogP contribution in [-0.2, 0) is 20.5 Å². The average molecular weight is 407 g/mol. The molecule has 26 heavy (non-hydrogen) atoms. The highest BCUT2D eigenvalue weighted by Gasteiger charge is 2.63. The summed E-state index contributed by atoms with van der Waals surface area (Å²) in [6.45, 7) is 0.794. The summed E-state index contributed by atoms with van der Waals surface area (Å²) in [5.74, 6) is -4.14. The van der Waals surface area contributed by atoms with Crippen molar-refractivity contribution in [3.8, 4) is 0 Å². The molecule has 0 aliphatic carbocycles. The van der Waals surface area contributed by atoms with Gasteiger partial charge in [-0.2, -0.15) is 26.3 Å². The second-order valence-corrected chi connectivity index (χ2v) is 5.12. The van der Waals surface area contributed by atoms with E-state index in [0.29, 0.717) is 24.3 Å². The molecular weight excluding hydrogens is 394 g/mol. The van der Waals surface area contributed by atoms with Gasteiger partial charge in [-0.15, -0.1) is 11.6 Å². The summed E-state index contributed by atoms with van der Waals surface area (Å²) in [6.07, 6.45) is -10.1. The second kappa shape index (κ2) is 8.02. The number of hydrogen-bond donors (Lipinski definition) is 2. The van der Waals surface area contributed by atoms with Gasteiger partial charge >= 0.3 is 24.0 Å². The van der Waals surface area contributed by atoms with Gasteiger partial charge < -0.3 is 15.4 Å². The Bertz CT molecular complexity index is 648. The molecule has 0 aromatic heterocycles. The number of carbonyl (C=O) groups is 2. The predicted molar refractivity (Wildman–Crippen MR) is 79.3 cm³/mol. The number of hydrogen-bond acceptors (Lipinski definition) is 4. The zero-order chi connectivity index (χ0) is 20.2. The number of rotatable bonds is 6. The minimum Gasteiger partial charge on any atom is -0.463 e. The summed E-state index contributed by atoms with van der Waals surface area (Å²) in [7, 11) is 0. The Kier molecular flexibility index (Phi) is 6.75. The fourth-order valence-corrected chi connectivity index (χ4v) is 1.90. The van der Waals surface area contributed by atoms with Crippen molar-refractivity contribution < 1.29 is 40.7 Å². The van der Waals surface area contributed by atoms with Crippen LogP contribution in [0.2, 0.25) is 0 Å². The molecule has 1 aromatic carbocycles. The Morgan fingerprint density at radius 3 is 2.00 bits per heavy atom. The van der Waals surface area contributed by atoms with Crippen molar-refractivity contribution in [2.24, 2.45) is 0 Å². The first-order valence-electron chi connectivity index (χ1n) is 6.93. The molecule has 12 heteroatoms. The Morgan fingerprint density at radius 2 is 1.62 bits per heavy atom. The number of amides is 1. The van der Waals surface area contributed by atoms with Crippen molar-refractivity contribution >= 4 is 29.2 Å². The molecule has 2 N–H and O–H groups in total. The van der Waals surface area contributed by atoms with Gasteiger partial charge in [0.1, 0.15) is 5.88 Å². The van der Waals surface area contributed by atoms with Gasteiger partial charge in [-0.3, -0.25) is 4.79 Å². The first-order chi connectivity index (χ1) is 11.9. The van der Waals surface area contributed by atoms with Crippen LogP contribution in [0.15, 0.2) is 24.3 Å². The van der Waals surface area contributed by atoms with E-state index in [1.807, 2.05) is 0 Å². The fourth-order valence-electron chi connectivity index (χ4n) is 1.83. The van der Waals surface area contributed by atoms with Crippen LogP contribution < -0.4 is 10.6 Å². The standard InChI is InChI=1S/C14H13ClF6N2O3/c1-2-26-11(25)12(14(19,20)21,23-10(24)7-15)22-9-5-3-8(4-6-9)13(16,17)18/h3-6,22H,2,7H2,1H3,(H,23,24)/t12-/m1/s1. The lowest BCUT2D eigenvalue weighted by molar-refractivity contribution is -0.207. The highest BCUT2D eigenvalue weighted by atomic mass is 35.5. The van der Waals surface area contributed by atoms with Crippen molar-refractivity contribution in [3.05, 3.63) is 29.8 Å². The fraction of sp³-hybridized carbons (Fsp3) is 0.429. The summed E-state index contributed by atoms with van der Waals surface area (Å²) in [5.41, 5.74) is -5.35. The van der Waals surface area contributed by atoms with Crippen molar-refractivity contribution in [1.82, 2.24) is 5.32 Å². The lowest BCUT2D eigenvalue weighted by Gasteiger charge is -2.35. The maximum Gasteiger partial charge on any atom is 0.441 e. The molecule has 1 atom stereocenters. The molecular formula is C14H13ClF6N2O3. The number of ether oxygens (including phenoxy) is 1. The number of nitrogens with one attached hydrogen (secondary N) is 2. The predicted octanol–water partition coefficient (Wildman–Crippen LogP) is 3.29. The second-order valence-electron chi connectivity index (χ2n) is 4.85. The van der Waals surface area contributed by atoms with Crippen molar-refractivity contribution in [1.29, 1.82) is 0 Å². The van der Waals surface area contributed by atoms with Gasteiger partial charge in [-0.25, -0.2) is 4.79 Å². The number of carbonyl (C=O) groups excluding carboxylic acids is 2. The topological polar surface area (TPSA) is 67.4 Å². The number of esters is 1. The van der Waals surface area contributed by atoms with Gasteiger partial charge in [0.25, 0.3) is 0 Å². The molecule has 1 aromatic rings. The molecule has 0 radical (unpaired) electrons. The minimum absolute atomic E-state index is 0.442. The lowest BCUT2D eigenvalue weighted by atomic mass is 10.1. The van der Waals surface area contributed by atoms with E-state index < -0.39 is 53.6 Å². The third-order valence-corrected chi connectivity index (χ3v) is 3.24. The van der Waals surface area contributed by atoms with Crippen LogP contribution in [0.5, 0.6) is 0 Å². The molecule has 1 amide bonds. The van der Waals surface area contributed by atoms with E-state index in [9.17, 15) is 35.9 Å². The largest absolute Gasteiger partial charge is 0.463 e. The maximum absolute atomic E-state index is 13.6. The SMILES string of the molecule is CCOC(=O)[C@](NC(=O)CCl)(Nc1ccc(C(F)(F)F)cc1)C(F)(F)F. The van der Waals surface area contributed by atoms with Gasteiger partial charge in [-0.05, 0) is 31.2 Å².